The largest absolute Gasteiger partial charge is 0.370 e. The monoisotopic (exact) mass is 291 g/mol. The highest BCUT2D eigenvalue weighted by atomic mass is 32.1. The number of nitrogens with two attached hydrogens (primary N) is 1. The van der Waals surface area contributed by atoms with Crippen LogP contribution >= 0.6 is 12.2 Å². The molecule has 1 aromatic carbocycles. The number of primary amides is 1. The van der Waals surface area contributed by atoms with Crippen LogP contribution in [0.1, 0.15) is 18.9 Å². The first-order valence-electron chi connectivity index (χ1n) is 6.48. The van der Waals surface area contributed by atoms with Gasteiger partial charge in [0.1, 0.15) is 0 Å². The Morgan fingerprint density at radius 3 is 2.60 bits per heavy atom. The predicted molar refractivity (Wildman–Crippen MR) is 86.1 cm³/mol. The van der Waals surface area contributed by atoms with Crippen LogP contribution in [0.5, 0.6) is 0 Å². The van der Waals surface area contributed by atoms with Crippen molar-refractivity contribution in [2.45, 2.75) is 19.9 Å². The van der Waals surface area contributed by atoms with Crippen molar-refractivity contribution in [1.82, 2.24) is 10.2 Å². The van der Waals surface area contributed by atoms with Crippen LogP contribution in [-0.2, 0) is 11.3 Å². The second kappa shape index (κ2) is 8.32. The van der Waals surface area contributed by atoms with E-state index in [-0.39, 0.29) is 12.3 Å². The summed E-state index contributed by atoms with van der Waals surface area (Å²) in [5, 5.41) is 3.74. The summed E-state index contributed by atoms with van der Waals surface area (Å²) in [4.78, 5) is 12.9. The Morgan fingerprint density at radius 1 is 1.40 bits per heavy atom. The predicted octanol–water partition coefficient (Wildman–Crippen LogP) is 1.81. The number of amides is 1. The van der Waals surface area contributed by atoms with Gasteiger partial charge in [-0.1, -0.05) is 42.5 Å². The smallest absolute Gasteiger partial charge is 0.219 e. The van der Waals surface area contributed by atoms with E-state index in [4.69, 9.17) is 18.0 Å². The average Bonchev–Trinajstić information content (AvgIpc) is 2.41. The molecule has 5 heteroatoms. The molecule has 0 aliphatic heterocycles. The number of hydrogen-bond acceptors (Lipinski definition) is 2. The molecule has 108 valence electrons. The van der Waals surface area contributed by atoms with Crippen LogP contribution in [0.15, 0.2) is 42.5 Å². The quantitative estimate of drug-likeness (QED) is 0.594. The van der Waals surface area contributed by atoms with Crippen molar-refractivity contribution >= 4 is 23.2 Å². The van der Waals surface area contributed by atoms with E-state index < -0.39 is 0 Å². The van der Waals surface area contributed by atoms with Crippen molar-refractivity contribution < 1.29 is 4.79 Å². The van der Waals surface area contributed by atoms with Crippen molar-refractivity contribution in [2.24, 2.45) is 5.73 Å². The van der Waals surface area contributed by atoms with Crippen molar-refractivity contribution in [3.8, 4) is 0 Å². The highest BCUT2D eigenvalue weighted by Gasteiger charge is 2.11. The van der Waals surface area contributed by atoms with Gasteiger partial charge in [-0.15, -0.1) is 0 Å². The topological polar surface area (TPSA) is 58.4 Å². The number of nitrogens with zero attached hydrogens (tertiary/aromatic N) is 1. The van der Waals surface area contributed by atoms with Gasteiger partial charge in [-0.05, 0) is 24.7 Å². The third-order valence-electron chi connectivity index (χ3n) is 2.67. The summed E-state index contributed by atoms with van der Waals surface area (Å²) in [7, 11) is 0. The number of thiocarbonyl (C=S) groups is 1. The molecule has 0 radical (unpaired) electrons. The molecule has 0 heterocycles. The first-order valence-corrected chi connectivity index (χ1v) is 6.89. The molecular formula is C15H21N3OS. The SMILES string of the molecule is C=C(C)CNC(=S)N(CCC(N)=O)Cc1ccccc1. The minimum Gasteiger partial charge on any atom is -0.370 e. The van der Waals surface area contributed by atoms with Gasteiger partial charge in [0, 0.05) is 26.1 Å². The number of carbonyl (C=O) groups is 1. The maximum Gasteiger partial charge on any atom is 0.219 e. The van der Waals surface area contributed by atoms with E-state index in [2.05, 4.69) is 11.9 Å². The maximum absolute atomic E-state index is 11.0. The van der Waals surface area contributed by atoms with Crippen molar-refractivity contribution in [3.05, 3.63) is 48.0 Å². The van der Waals surface area contributed by atoms with E-state index in [0.717, 1.165) is 11.1 Å². The Kier molecular flexibility index (Phi) is 6.73. The summed E-state index contributed by atoms with van der Waals surface area (Å²) in [5.74, 6) is -0.328. The van der Waals surface area contributed by atoms with Gasteiger partial charge in [-0.25, -0.2) is 0 Å². The lowest BCUT2D eigenvalue weighted by Gasteiger charge is -2.25. The fourth-order valence-corrected chi connectivity index (χ4v) is 1.87. The van der Waals surface area contributed by atoms with E-state index in [1.54, 1.807) is 0 Å². The first kappa shape index (κ1) is 16.2. The lowest BCUT2D eigenvalue weighted by molar-refractivity contribution is -0.118. The molecule has 0 saturated carbocycles. The lowest BCUT2D eigenvalue weighted by atomic mass is 10.2. The highest BCUT2D eigenvalue weighted by Crippen LogP contribution is 2.06. The van der Waals surface area contributed by atoms with E-state index in [0.29, 0.717) is 24.7 Å². The number of carbonyl (C=O) groups excluding carboxylic acids is 1. The molecule has 1 rings (SSSR count). The van der Waals surface area contributed by atoms with Gasteiger partial charge >= 0.3 is 0 Å². The maximum atomic E-state index is 11.0. The Morgan fingerprint density at radius 2 is 2.05 bits per heavy atom. The van der Waals surface area contributed by atoms with E-state index in [1.807, 2.05) is 42.2 Å². The standard InChI is InChI=1S/C15H21N3OS/c1-12(2)10-17-15(20)18(9-8-14(16)19)11-13-6-4-3-5-7-13/h3-7H,1,8-11H2,2H3,(H2,16,19)(H,17,20). The summed E-state index contributed by atoms with van der Waals surface area (Å²) in [6.07, 6.45) is 0.279. The second-order valence-electron chi connectivity index (χ2n) is 4.74. The van der Waals surface area contributed by atoms with Crippen molar-refractivity contribution in [3.63, 3.8) is 0 Å². The summed E-state index contributed by atoms with van der Waals surface area (Å²) < 4.78 is 0. The zero-order valence-corrected chi connectivity index (χ0v) is 12.6. The molecule has 0 bridgehead atoms. The Hall–Kier alpha value is -1.88. The Bertz CT molecular complexity index is 473. The molecule has 1 aromatic rings. The fraction of sp³-hybridized carbons (Fsp3) is 0.333. The van der Waals surface area contributed by atoms with E-state index >= 15 is 0 Å². The summed E-state index contributed by atoms with van der Waals surface area (Å²) in [6, 6.07) is 9.98. The zero-order chi connectivity index (χ0) is 15.0. The second-order valence-corrected chi connectivity index (χ2v) is 5.13. The molecule has 3 N–H and O–H groups in total. The van der Waals surface area contributed by atoms with Gasteiger partial charge in [0.25, 0.3) is 0 Å². The summed E-state index contributed by atoms with van der Waals surface area (Å²) in [6.45, 7) is 7.54. The molecule has 0 atom stereocenters. The Labute approximate surface area is 125 Å². The molecule has 0 saturated heterocycles. The summed E-state index contributed by atoms with van der Waals surface area (Å²) in [5.41, 5.74) is 7.35. The van der Waals surface area contributed by atoms with Gasteiger partial charge in [-0.2, -0.15) is 0 Å². The van der Waals surface area contributed by atoms with Crippen LogP contribution in [0.25, 0.3) is 0 Å². The summed E-state index contributed by atoms with van der Waals surface area (Å²) >= 11 is 5.37. The highest BCUT2D eigenvalue weighted by molar-refractivity contribution is 7.80. The van der Waals surface area contributed by atoms with Crippen LogP contribution in [0.3, 0.4) is 0 Å². The minimum absolute atomic E-state index is 0.279. The van der Waals surface area contributed by atoms with Gasteiger partial charge < -0.3 is 16.0 Å². The molecule has 0 unspecified atom stereocenters. The first-order chi connectivity index (χ1) is 9.49. The molecule has 0 spiro atoms. The molecule has 0 aliphatic rings. The van der Waals surface area contributed by atoms with Crippen LogP contribution < -0.4 is 11.1 Å². The normalized spacial score (nSPS) is 9.85. The van der Waals surface area contributed by atoms with Crippen molar-refractivity contribution in [1.29, 1.82) is 0 Å². The third kappa shape index (κ3) is 6.33. The molecular weight excluding hydrogens is 270 g/mol. The zero-order valence-electron chi connectivity index (χ0n) is 11.8. The van der Waals surface area contributed by atoms with Gasteiger partial charge in [-0.3, -0.25) is 4.79 Å². The molecule has 20 heavy (non-hydrogen) atoms. The average molecular weight is 291 g/mol. The number of nitrogens with one attached hydrogen (secondary N) is 1. The molecule has 4 nitrogen and oxygen atoms in total. The van der Waals surface area contributed by atoms with Crippen LogP contribution in [0, 0.1) is 0 Å². The third-order valence-corrected chi connectivity index (χ3v) is 3.08. The fourth-order valence-electron chi connectivity index (χ4n) is 1.64. The molecule has 1 amide bonds. The number of hydrogen-bond donors (Lipinski definition) is 2. The van der Waals surface area contributed by atoms with Crippen LogP contribution in [-0.4, -0.2) is 29.0 Å². The minimum atomic E-state index is -0.328. The van der Waals surface area contributed by atoms with E-state index in [9.17, 15) is 4.79 Å². The molecule has 0 fully saturated rings. The number of rotatable bonds is 7. The molecule has 0 aliphatic carbocycles. The Balaban J connectivity index is 2.66. The lowest BCUT2D eigenvalue weighted by Crippen LogP contribution is -2.41. The van der Waals surface area contributed by atoms with Crippen LogP contribution in [0.2, 0.25) is 0 Å². The van der Waals surface area contributed by atoms with Crippen LogP contribution in [0.4, 0.5) is 0 Å². The molecule has 0 aromatic heterocycles. The van der Waals surface area contributed by atoms with Gasteiger partial charge in [0.05, 0.1) is 0 Å². The van der Waals surface area contributed by atoms with Crippen molar-refractivity contribution in [2.75, 3.05) is 13.1 Å². The number of benzene rings is 1. The van der Waals surface area contributed by atoms with Gasteiger partial charge in [0.15, 0.2) is 5.11 Å². The van der Waals surface area contributed by atoms with E-state index in [1.165, 1.54) is 0 Å². The van der Waals surface area contributed by atoms with Gasteiger partial charge in [0.2, 0.25) is 5.91 Å².